The highest BCUT2D eigenvalue weighted by Gasteiger charge is 2.22. The van der Waals surface area contributed by atoms with E-state index in [0.29, 0.717) is 24.4 Å². The second kappa shape index (κ2) is 13.8. The number of hydrogen-bond acceptors (Lipinski definition) is 2. The molecular weight excluding hydrogens is 404 g/mol. The highest BCUT2D eigenvalue weighted by Crippen LogP contribution is 2.19. The van der Waals surface area contributed by atoms with Gasteiger partial charge in [0.25, 0.3) is 0 Å². The van der Waals surface area contributed by atoms with E-state index in [2.05, 4.69) is 106 Å². The Morgan fingerprint density at radius 2 is 1.61 bits per heavy atom. The second-order valence-corrected chi connectivity index (χ2v) is 9.05. The number of carbonyl (C=O) groups excluding carboxylic acids is 1. The first-order valence-corrected chi connectivity index (χ1v) is 12.6. The first kappa shape index (κ1) is 26.6. The molecule has 3 nitrogen and oxygen atoms in total. The molecule has 0 spiro atoms. The van der Waals surface area contributed by atoms with Crippen LogP contribution >= 0.6 is 0 Å². The SMILES string of the molecule is CCCC(=O)N(C(C)CC)C(C)CC.Cc1ccc(Cc2ccccc2C2=NC=CC2)cc1. The summed E-state index contributed by atoms with van der Waals surface area (Å²) < 4.78 is 0. The molecule has 0 N–H and O–H groups in total. The fraction of sp³-hybridized carbons (Fsp3) is 0.467. The van der Waals surface area contributed by atoms with Gasteiger partial charge >= 0.3 is 0 Å². The molecule has 3 heteroatoms. The molecule has 0 radical (unpaired) electrons. The molecule has 2 aromatic carbocycles. The molecule has 0 aromatic heterocycles. The first-order chi connectivity index (χ1) is 15.9. The van der Waals surface area contributed by atoms with E-state index < -0.39 is 0 Å². The number of rotatable bonds is 9. The number of amides is 1. The average Bonchev–Trinajstić information content (AvgIpc) is 3.36. The predicted molar refractivity (Wildman–Crippen MR) is 142 cm³/mol. The van der Waals surface area contributed by atoms with Crippen molar-refractivity contribution >= 4 is 11.6 Å². The first-order valence-electron chi connectivity index (χ1n) is 12.6. The standard InChI is InChI=1S/C18H17N.C12H25NO/c1-14-8-10-15(11-9-14)13-16-5-2-3-6-17(16)18-7-4-12-19-18;1-6-9-12(14)13(10(4)7-2)11(5)8-3/h2-6,8-12H,7,13H2,1H3;10-11H,6-9H2,1-5H3. The van der Waals surface area contributed by atoms with Gasteiger partial charge < -0.3 is 4.90 Å². The molecular formula is C30H42N2O. The number of carbonyl (C=O) groups is 1. The summed E-state index contributed by atoms with van der Waals surface area (Å²) >= 11 is 0. The van der Waals surface area contributed by atoms with Crippen LogP contribution in [0.15, 0.2) is 65.8 Å². The lowest BCUT2D eigenvalue weighted by Crippen LogP contribution is -2.44. The molecule has 0 fully saturated rings. The Morgan fingerprint density at radius 1 is 0.970 bits per heavy atom. The summed E-state index contributed by atoms with van der Waals surface area (Å²) in [7, 11) is 0. The minimum atomic E-state index is 0.316. The molecule has 1 heterocycles. The number of benzene rings is 2. The zero-order valence-electron chi connectivity index (χ0n) is 21.5. The van der Waals surface area contributed by atoms with Gasteiger partial charge in [0.1, 0.15) is 0 Å². The lowest BCUT2D eigenvalue weighted by molar-refractivity contribution is -0.135. The number of allylic oxidation sites excluding steroid dienone is 1. The van der Waals surface area contributed by atoms with Crippen molar-refractivity contribution in [1.29, 1.82) is 0 Å². The van der Waals surface area contributed by atoms with Crippen LogP contribution in [0.5, 0.6) is 0 Å². The Morgan fingerprint density at radius 3 is 2.15 bits per heavy atom. The maximum Gasteiger partial charge on any atom is 0.223 e. The fourth-order valence-corrected chi connectivity index (χ4v) is 4.08. The summed E-state index contributed by atoms with van der Waals surface area (Å²) in [5, 5.41) is 0. The van der Waals surface area contributed by atoms with Gasteiger partial charge in [-0.1, -0.05) is 80.9 Å². The van der Waals surface area contributed by atoms with Gasteiger partial charge in [0, 0.05) is 31.1 Å². The van der Waals surface area contributed by atoms with Crippen molar-refractivity contribution in [2.24, 2.45) is 4.99 Å². The second-order valence-electron chi connectivity index (χ2n) is 9.05. The fourth-order valence-electron chi connectivity index (χ4n) is 4.08. The third-order valence-corrected chi connectivity index (χ3v) is 6.37. The lowest BCUT2D eigenvalue weighted by atomic mass is 9.96. The molecule has 2 aromatic rings. The van der Waals surface area contributed by atoms with E-state index in [1.165, 1.54) is 28.0 Å². The van der Waals surface area contributed by atoms with E-state index >= 15 is 0 Å². The molecule has 0 saturated carbocycles. The van der Waals surface area contributed by atoms with Crippen molar-refractivity contribution < 1.29 is 4.79 Å². The number of hydrogen-bond donors (Lipinski definition) is 0. The third kappa shape index (κ3) is 7.99. The van der Waals surface area contributed by atoms with Crippen LogP contribution < -0.4 is 0 Å². The van der Waals surface area contributed by atoms with Gasteiger partial charge in [0.05, 0.1) is 5.71 Å². The Bertz CT molecular complexity index is 917. The van der Waals surface area contributed by atoms with Gasteiger partial charge in [-0.05, 0) is 63.1 Å². The molecule has 3 rings (SSSR count). The van der Waals surface area contributed by atoms with E-state index in [1.54, 1.807) is 0 Å². The highest BCUT2D eigenvalue weighted by molar-refractivity contribution is 6.04. The van der Waals surface area contributed by atoms with Crippen LogP contribution in [0.3, 0.4) is 0 Å². The molecule has 0 saturated heterocycles. The number of aliphatic imine (C=N–C) groups is 1. The Labute approximate surface area is 201 Å². The zero-order chi connectivity index (χ0) is 24.2. The van der Waals surface area contributed by atoms with Gasteiger partial charge in [-0.2, -0.15) is 0 Å². The summed E-state index contributed by atoms with van der Waals surface area (Å²) in [5.74, 6) is 0.316. The van der Waals surface area contributed by atoms with Crippen molar-refractivity contribution in [2.75, 3.05) is 0 Å². The van der Waals surface area contributed by atoms with E-state index in [1.807, 2.05) is 6.20 Å². The Hall–Kier alpha value is -2.68. The molecule has 2 atom stereocenters. The topological polar surface area (TPSA) is 32.7 Å². The van der Waals surface area contributed by atoms with Gasteiger partial charge in [-0.25, -0.2) is 0 Å². The normalized spacial score (nSPS) is 14.2. The van der Waals surface area contributed by atoms with Crippen molar-refractivity contribution in [1.82, 2.24) is 4.90 Å². The highest BCUT2D eigenvalue weighted by atomic mass is 16.2. The third-order valence-electron chi connectivity index (χ3n) is 6.37. The molecule has 33 heavy (non-hydrogen) atoms. The van der Waals surface area contributed by atoms with Crippen molar-refractivity contribution in [3.8, 4) is 0 Å². The van der Waals surface area contributed by atoms with Crippen LogP contribution in [0.25, 0.3) is 0 Å². The van der Waals surface area contributed by atoms with E-state index in [4.69, 9.17) is 0 Å². The quantitative estimate of drug-likeness (QED) is 0.392. The average molecular weight is 447 g/mol. The van der Waals surface area contributed by atoms with Gasteiger partial charge in [-0.3, -0.25) is 9.79 Å². The minimum Gasteiger partial charge on any atom is -0.337 e. The lowest BCUT2D eigenvalue weighted by Gasteiger charge is -2.34. The molecule has 178 valence electrons. The van der Waals surface area contributed by atoms with Crippen LogP contribution in [0, 0.1) is 6.92 Å². The Balaban J connectivity index is 0.000000248. The van der Waals surface area contributed by atoms with Crippen molar-refractivity contribution in [3.63, 3.8) is 0 Å². The monoisotopic (exact) mass is 446 g/mol. The van der Waals surface area contributed by atoms with E-state index in [-0.39, 0.29) is 0 Å². The maximum absolute atomic E-state index is 11.9. The van der Waals surface area contributed by atoms with Crippen molar-refractivity contribution in [3.05, 3.63) is 83.1 Å². The summed E-state index contributed by atoms with van der Waals surface area (Å²) in [5.41, 5.74) is 6.48. The maximum atomic E-state index is 11.9. The molecule has 1 amide bonds. The van der Waals surface area contributed by atoms with Crippen LogP contribution in [0.2, 0.25) is 0 Å². The molecule has 1 aliphatic rings. The summed E-state index contributed by atoms with van der Waals surface area (Å²) in [6.45, 7) is 12.7. The summed E-state index contributed by atoms with van der Waals surface area (Å²) in [6.07, 6.45) is 9.65. The van der Waals surface area contributed by atoms with Gasteiger partial charge in [0.15, 0.2) is 0 Å². The molecule has 2 unspecified atom stereocenters. The Kier molecular flexibility index (Phi) is 11.1. The van der Waals surface area contributed by atoms with Gasteiger partial charge in [0.2, 0.25) is 5.91 Å². The minimum absolute atomic E-state index is 0.316. The summed E-state index contributed by atoms with van der Waals surface area (Å²) in [6, 6.07) is 18.1. The van der Waals surface area contributed by atoms with Gasteiger partial charge in [-0.15, -0.1) is 0 Å². The van der Waals surface area contributed by atoms with E-state index in [9.17, 15) is 4.79 Å². The van der Waals surface area contributed by atoms with Crippen LogP contribution in [-0.4, -0.2) is 28.6 Å². The number of nitrogens with zero attached hydrogens (tertiary/aromatic N) is 2. The largest absolute Gasteiger partial charge is 0.337 e. The molecule has 1 aliphatic heterocycles. The summed E-state index contributed by atoms with van der Waals surface area (Å²) in [4.78, 5) is 18.4. The molecule has 0 aliphatic carbocycles. The predicted octanol–water partition coefficient (Wildman–Crippen LogP) is 7.50. The van der Waals surface area contributed by atoms with Crippen LogP contribution in [0.1, 0.15) is 89.0 Å². The smallest absolute Gasteiger partial charge is 0.223 e. The van der Waals surface area contributed by atoms with E-state index in [0.717, 1.165) is 32.1 Å². The zero-order valence-corrected chi connectivity index (χ0v) is 21.5. The van der Waals surface area contributed by atoms with Crippen molar-refractivity contribution in [2.45, 2.75) is 92.2 Å². The molecule has 0 bridgehead atoms. The van der Waals surface area contributed by atoms with Crippen LogP contribution in [-0.2, 0) is 11.2 Å². The van der Waals surface area contributed by atoms with Crippen LogP contribution in [0.4, 0.5) is 0 Å². The number of aryl methyl sites for hydroxylation is 1.